The zero-order valence-corrected chi connectivity index (χ0v) is 15.3. The molecular weight excluding hydrogens is 360 g/mol. The predicted octanol–water partition coefficient (Wildman–Crippen LogP) is 4.04. The molecule has 4 rings (SSSR count). The number of hydrogen-bond donors (Lipinski definition) is 2. The molecular formula is C20H16N4O2S. The summed E-state index contributed by atoms with van der Waals surface area (Å²) in [4.78, 5) is 35.6. The molecule has 0 saturated heterocycles. The van der Waals surface area contributed by atoms with E-state index in [9.17, 15) is 9.59 Å². The van der Waals surface area contributed by atoms with Gasteiger partial charge in [0, 0.05) is 22.2 Å². The molecule has 0 aliphatic carbocycles. The minimum absolute atomic E-state index is 0.00505. The van der Waals surface area contributed by atoms with Crippen LogP contribution in [-0.2, 0) is 4.79 Å². The lowest BCUT2D eigenvalue weighted by atomic mass is 10.1. The zero-order valence-electron chi connectivity index (χ0n) is 14.5. The normalized spacial score (nSPS) is 11.0. The Morgan fingerprint density at radius 2 is 1.85 bits per heavy atom. The van der Waals surface area contributed by atoms with Crippen molar-refractivity contribution in [1.82, 2.24) is 15.0 Å². The molecule has 6 nitrogen and oxygen atoms in total. The molecule has 0 bridgehead atoms. The van der Waals surface area contributed by atoms with Gasteiger partial charge in [0.15, 0.2) is 5.78 Å². The number of Topliss-reactive ketones (excluding diaryl/α,β-unsaturated/α-hetero) is 1. The molecule has 27 heavy (non-hydrogen) atoms. The molecule has 0 aliphatic rings. The summed E-state index contributed by atoms with van der Waals surface area (Å²) < 4.78 is 0. The fraction of sp³-hybridized carbons (Fsp3) is 0.100. The molecule has 0 aliphatic heterocycles. The van der Waals surface area contributed by atoms with E-state index in [0.717, 1.165) is 27.0 Å². The number of benzene rings is 2. The van der Waals surface area contributed by atoms with Crippen molar-refractivity contribution in [3.05, 3.63) is 60.4 Å². The molecule has 2 N–H and O–H groups in total. The van der Waals surface area contributed by atoms with Crippen LogP contribution >= 0.6 is 11.8 Å². The van der Waals surface area contributed by atoms with Gasteiger partial charge in [-0.1, -0.05) is 30.0 Å². The van der Waals surface area contributed by atoms with E-state index < -0.39 is 0 Å². The predicted molar refractivity (Wildman–Crippen MR) is 107 cm³/mol. The molecule has 0 fully saturated rings. The van der Waals surface area contributed by atoms with E-state index in [2.05, 4.69) is 20.3 Å². The lowest BCUT2D eigenvalue weighted by molar-refractivity contribution is -0.113. The first kappa shape index (κ1) is 17.2. The monoisotopic (exact) mass is 376 g/mol. The van der Waals surface area contributed by atoms with Gasteiger partial charge in [-0.2, -0.15) is 0 Å². The minimum Gasteiger partial charge on any atom is -0.351 e. The lowest BCUT2D eigenvalue weighted by Crippen LogP contribution is -2.14. The number of amides is 1. The largest absolute Gasteiger partial charge is 0.351 e. The van der Waals surface area contributed by atoms with Crippen molar-refractivity contribution in [3.63, 3.8) is 0 Å². The number of H-pyrrole nitrogens is 1. The Labute approximate surface area is 159 Å². The fourth-order valence-electron chi connectivity index (χ4n) is 2.85. The summed E-state index contributed by atoms with van der Waals surface area (Å²) in [6.07, 6.45) is 1.52. The lowest BCUT2D eigenvalue weighted by Gasteiger charge is -2.06. The molecule has 2 aromatic carbocycles. The number of nitrogens with one attached hydrogen (secondary N) is 2. The molecule has 0 spiro atoms. The van der Waals surface area contributed by atoms with Crippen molar-refractivity contribution in [2.75, 3.05) is 11.1 Å². The maximum absolute atomic E-state index is 12.3. The number of ketones is 1. The highest BCUT2D eigenvalue weighted by molar-refractivity contribution is 8.00. The number of carbonyl (C=O) groups is 2. The Morgan fingerprint density at radius 1 is 1.07 bits per heavy atom. The van der Waals surface area contributed by atoms with Crippen molar-refractivity contribution in [2.45, 2.75) is 11.9 Å². The zero-order chi connectivity index (χ0) is 18.8. The molecule has 134 valence electrons. The van der Waals surface area contributed by atoms with Gasteiger partial charge >= 0.3 is 0 Å². The number of rotatable bonds is 5. The Hall–Kier alpha value is -3.19. The van der Waals surface area contributed by atoms with Crippen LogP contribution in [-0.4, -0.2) is 32.4 Å². The van der Waals surface area contributed by atoms with Crippen molar-refractivity contribution < 1.29 is 9.59 Å². The minimum atomic E-state index is -0.140. The summed E-state index contributed by atoms with van der Waals surface area (Å²) in [7, 11) is 0. The Morgan fingerprint density at radius 3 is 2.63 bits per heavy atom. The number of para-hydroxylation sites is 1. The summed E-state index contributed by atoms with van der Waals surface area (Å²) in [6.45, 7) is 1.51. The molecule has 4 aromatic rings. The smallest absolute Gasteiger partial charge is 0.234 e. The molecule has 0 saturated carbocycles. The van der Waals surface area contributed by atoms with Crippen LogP contribution in [0, 0.1) is 0 Å². The van der Waals surface area contributed by atoms with E-state index in [1.807, 2.05) is 24.3 Å². The standard InChI is InChI=1S/C20H16N4O2S/c1-12(25)13-6-8-14(9-7-13)23-17(26)10-27-20-19-18(21-11-22-20)15-4-2-3-5-16(15)24-19/h2-9,11,24H,10H2,1H3,(H,23,26). The van der Waals surface area contributed by atoms with Gasteiger partial charge in [0.05, 0.1) is 11.3 Å². The highest BCUT2D eigenvalue weighted by atomic mass is 32.2. The molecule has 1 amide bonds. The highest BCUT2D eigenvalue weighted by Gasteiger charge is 2.12. The van der Waals surface area contributed by atoms with E-state index in [1.54, 1.807) is 24.3 Å². The first-order valence-electron chi connectivity index (χ1n) is 8.37. The first-order valence-corrected chi connectivity index (χ1v) is 9.35. The van der Waals surface area contributed by atoms with Crippen LogP contribution in [0.5, 0.6) is 0 Å². The Bertz CT molecular complexity index is 1150. The van der Waals surface area contributed by atoms with Crippen molar-refractivity contribution >= 4 is 51.1 Å². The average molecular weight is 376 g/mol. The van der Waals surface area contributed by atoms with Crippen molar-refractivity contribution in [1.29, 1.82) is 0 Å². The third-order valence-electron chi connectivity index (χ3n) is 4.17. The maximum Gasteiger partial charge on any atom is 0.234 e. The van der Waals surface area contributed by atoms with Gasteiger partial charge in [0.2, 0.25) is 5.91 Å². The van der Waals surface area contributed by atoms with Gasteiger partial charge in [-0.25, -0.2) is 9.97 Å². The molecule has 2 aromatic heterocycles. The van der Waals surface area contributed by atoms with Gasteiger partial charge < -0.3 is 10.3 Å². The Kier molecular flexibility index (Phi) is 4.60. The summed E-state index contributed by atoms with van der Waals surface area (Å²) in [5, 5.41) is 4.60. The average Bonchev–Trinajstić information content (AvgIpc) is 3.06. The number of hydrogen-bond acceptors (Lipinski definition) is 5. The van der Waals surface area contributed by atoms with Crippen LogP contribution in [0.15, 0.2) is 59.9 Å². The summed E-state index contributed by atoms with van der Waals surface area (Å²) in [5.41, 5.74) is 3.95. The van der Waals surface area contributed by atoms with Crippen LogP contribution in [0.3, 0.4) is 0 Å². The van der Waals surface area contributed by atoms with Crippen molar-refractivity contribution in [3.8, 4) is 0 Å². The van der Waals surface area contributed by atoms with Gasteiger partial charge in [-0.3, -0.25) is 9.59 Å². The van der Waals surface area contributed by atoms with E-state index in [0.29, 0.717) is 11.3 Å². The van der Waals surface area contributed by atoms with Crippen LogP contribution < -0.4 is 5.32 Å². The molecule has 0 radical (unpaired) electrons. The number of nitrogens with zero attached hydrogens (tertiary/aromatic N) is 2. The Balaban J connectivity index is 1.48. The van der Waals surface area contributed by atoms with E-state index in [4.69, 9.17) is 0 Å². The van der Waals surface area contributed by atoms with Gasteiger partial charge in [0.25, 0.3) is 0 Å². The fourth-order valence-corrected chi connectivity index (χ4v) is 3.60. The van der Waals surface area contributed by atoms with Gasteiger partial charge in [-0.15, -0.1) is 0 Å². The SMILES string of the molecule is CC(=O)c1ccc(NC(=O)CSc2ncnc3c2[nH]c2ccccc23)cc1. The second-order valence-corrected chi connectivity index (χ2v) is 7.01. The van der Waals surface area contributed by atoms with Crippen LogP contribution in [0.2, 0.25) is 0 Å². The number of thioether (sulfide) groups is 1. The van der Waals surface area contributed by atoms with Gasteiger partial charge in [0.1, 0.15) is 16.9 Å². The van der Waals surface area contributed by atoms with Gasteiger partial charge in [-0.05, 0) is 37.3 Å². The summed E-state index contributed by atoms with van der Waals surface area (Å²) in [5.74, 6) is 0.0728. The van der Waals surface area contributed by atoms with E-state index in [1.165, 1.54) is 25.0 Å². The number of fused-ring (bicyclic) bond motifs is 3. The van der Waals surface area contributed by atoms with Crippen LogP contribution in [0.1, 0.15) is 17.3 Å². The number of aromatic nitrogens is 3. The molecule has 0 atom stereocenters. The number of aromatic amines is 1. The first-order chi connectivity index (χ1) is 13.1. The van der Waals surface area contributed by atoms with Crippen LogP contribution in [0.25, 0.3) is 21.9 Å². The third kappa shape index (κ3) is 3.54. The highest BCUT2D eigenvalue weighted by Crippen LogP contribution is 2.29. The number of carbonyl (C=O) groups excluding carboxylic acids is 2. The quantitative estimate of drug-likeness (QED) is 0.312. The summed E-state index contributed by atoms with van der Waals surface area (Å²) in [6, 6.07) is 14.8. The summed E-state index contributed by atoms with van der Waals surface area (Å²) >= 11 is 1.35. The maximum atomic E-state index is 12.3. The van der Waals surface area contributed by atoms with Crippen molar-refractivity contribution in [2.24, 2.45) is 0 Å². The molecule has 7 heteroatoms. The van der Waals surface area contributed by atoms with E-state index in [-0.39, 0.29) is 17.4 Å². The van der Waals surface area contributed by atoms with Crippen LogP contribution in [0.4, 0.5) is 5.69 Å². The molecule has 0 unspecified atom stereocenters. The van der Waals surface area contributed by atoms with E-state index >= 15 is 0 Å². The second-order valence-electron chi connectivity index (χ2n) is 6.04. The topological polar surface area (TPSA) is 87.7 Å². The number of anilines is 1. The molecule has 2 heterocycles. The second kappa shape index (κ2) is 7.20. The third-order valence-corrected chi connectivity index (χ3v) is 5.16.